The molecule has 144 valence electrons. The summed E-state index contributed by atoms with van der Waals surface area (Å²) in [5, 5.41) is 6.72. The van der Waals surface area contributed by atoms with Gasteiger partial charge in [0.2, 0.25) is 0 Å². The van der Waals surface area contributed by atoms with E-state index in [4.69, 9.17) is 4.74 Å². The zero-order valence-electron chi connectivity index (χ0n) is 16.2. The monoisotopic (exact) mass is 462 g/mol. The second-order valence-electron chi connectivity index (χ2n) is 5.71. The number of guanidine groups is 1. The van der Waals surface area contributed by atoms with Crippen LogP contribution in [-0.4, -0.2) is 50.7 Å². The quantitative estimate of drug-likeness (QED) is 0.229. The molecule has 0 radical (unpaired) electrons. The van der Waals surface area contributed by atoms with Gasteiger partial charge < -0.3 is 20.3 Å². The van der Waals surface area contributed by atoms with Crippen LogP contribution in [0.2, 0.25) is 0 Å². The predicted molar refractivity (Wildman–Crippen MR) is 118 cm³/mol. The second-order valence-corrected chi connectivity index (χ2v) is 5.71. The second kappa shape index (κ2) is 15.3. The van der Waals surface area contributed by atoms with E-state index in [1.165, 1.54) is 13.0 Å². The fourth-order valence-electron chi connectivity index (χ4n) is 2.49. The molecule has 0 spiro atoms. The van der Waals surface area contributed by atoms with Crippen molar-refractivity contribution >= 4 is 29.9 Å². The fourth-order valence-corrected chi connectivity index (χ4v) is 2.49. The SMILES string of the molecule is CCNC(=NCc1cccc(OC)c1)NCCCCN(CC)CC.I. The summed E-state index contributed by atoms with van der Waals surface area (Å²) in [6.45, 7) is 12.4. The smallest absolute Gasteiger partial charge is 0.191 e. The van der Waals surface area contributed by atoms with Crippen LogP contribution in [-0.2, 0) is 6.54 Å². The lowest BCUT2D eigenvalue weighted by Crippen LogP contribution is -2.38. The number of hydrogen-bond acceptors (Lipinski definition) is 3. The molecule has 0 fully saturated rings. The van der Waals surface area contributed by atoms with Crippen LogP contribution in [0.1, 0.15) is 39.2 Å². The van der Waals surface area contributed by atoms with Crippen LogP contribution in [0.4, 0.5) is 0 Å². The van der Waals surface area contributed by atoms with E-state index in [1.807, 2.05) is 18.2 Å². The molecule has 0 saturated heterocycles. The van der Waals surface area contributed by atoms with Gasteiger partial charge in [0.1, 0.15) is 5.75 Å². The average Bonchev–Trinajstić information content (AvgIpc) is 2.62. The normalized spacial score (nSPS) is 11.2. The van der Waals surface area contributed by atoms with Gasteiger partial charge in [0, 0.05) is 13.1 Å². The number of rotatable bonds is 11. The Bertz CT molecular complexity index is 478. The van der Waals surface area contributed by atoms with Crippen molar-refractivity contribution in [1.82, 2.24) is 15.5 Å². The number of benzene rings is 1. The van der Waals surface area contributed by atoms with Gasteiger partial charge in [-0.2, -0.15) is 0 Å². The molecule has 0 amide bonds. The highest BCUT2D eigenvalue weighted by molar-refractivity contribution is 14.0. The molecular weight excluding hydrogens is 427 g/mol. The number of unbranched alkanes of at least 4 members (excludes halogenated alkanes) is 1. The van der Waals surface area contributed by atoms with E-state index in [9.17, 15) is 0 Å². The van der Waals surface area contributed by atoms with E-state index in [-0.39, 0.29) is 24.0 Å². The molecule has 1 aromatic carbocycles. The standard InChI is InChI=1S/C19H34N4O.HI/c1-5-20-19(21-13-8-9-14-23(6-2)7-3)22-16-17-11-10-12-18(15-17)24-4;/h10-12,15H,5-9,13-14,16H2,1-4H3,(H2,20,21,22);1H. The van der Waals surface area contributed by atoms with Crippen LogP contribution in [0.5, 0.6) is 5.75 Å². The van der Waals surface area contributed by atoms with Gasteiger partial charge >= 0.3 is 0 Å². The summed E-state index contributed by atoms with van der Waals surface area (Å²) in [5.41, 5.74) is 1.15. The van der Waals surface area contributed by atoms with E-state index >= 15 is 0 Å². The third-order valence-corrected chi connectivity index (χ3v) is 3.99. The molecule has 0 heterocycles. The molecule has 5 nitrogen and oxygen atoms in total. The van der Waals surface area contributed by atoms with E-state index in [1.54, 1.807) is 7.11 Å². The summed E-state index contributed by atoms with van der Waals surface area (Å²) < 4.78 is 5.25. The first-order valence-corrected chi connectivity index (χ1v) is 9.10. The zero-order valence-corrected chi connectivity index (χ0v) is 18.5. The number of methoxy groups -OCH3 is 1. The van der Waals surface area contributed by atoms with Crippen LogP contribution in [0.3, 0.4) is 0 Å². The van der Waals surface area contributed by atoms with Crippen molar-refractivity contribution in [3.05, 3.63) is 29.8 Å². The summed E-state index contributed by atoms with van der Waals surface area (Å²) in [6.07, 6.45) is 2.37. The van der Waals surface area contributed by atoms with Crippen molar-refractivity contribution in [3.8, 4) is 5.75 Å². The lowest BCUT2D eigenvalue weighted by atomic mass is 10.2. The van der Waals surface area contributed by atoms with Crippen LogP contribution in [0, 0.1) is 0 Å². The average molecular weight is 462 g/mol. The van der Waals surface area contributed by atoms with E-state index in [0.717, 1.165) is 49.9 Å². The minimum Gasteiger partial charge on any atom is -0.497 e. The van der Waals surface area contributed by atoms with Gasteiger partial charge in [-0.25, -0.2) is 4.99 Å². The van der Waals surface area contributed by atoms with Gasteiger partial charge in [-0.3, -0.25) is 0 Å². The molecule has 0 bridgehead atoms. The number of ether oxygens (including phenoxy) is 1. The minimum absolute atomic E-state index is 0. The Morgan fingerprint density at radius 1 is 1.12 bits per heavy atom. The van der Waals surface area contributed by atoms with Gasteiger partial charge in [-0.15, -0.1) is 24.0 Å². The molecule has 6 heteroatoms. The van der Waals surface area contributed by atoms with Crippen LogP contribution in [0.25, 0.3) is 0 Å². The maximum absolute atomic E-state index is 5.25. The molecule has 0 aromatic heterocycles. The third-order valence-electron chi connectivity index (χ3n) is 3.99. The van der Waals surface area contributed by atoms with E-state index in [0.29, 0.717) is 6.54 Å². The summed E-state index contributed by atoms with van der Waals surface area (Å²) in [4.78, 5) is 7.11. The molecule has 0 atom stereocenters. The molecule has 1 aromatic rings. The fraction of sp³-hybridized carbons (Fsp3) is 0.632. The minimum atomic E-state index is 0. The van der Waals surface area contributed by atoms with Gasteiger partial charge in [0.25, 0.3) is 0 Å². The maximum atomic E-state index is 5.25. The van der Waals surface area contributed by atoms with Crippen molar-refractivity contribution in [3.63, 3.8) is 0 Å². The summed E-state index contributed by atoms with van der Waals surface area (Å²) in [5.74, 6) is 1.75. The Labute approximate surface area is 170 Å². The molecule has 0 unspecified atom stereocenters. The van der Waals surface area contributed by atoms with Gasteiger partial charge in [0.05, 0.1) is 13.7 Å². The molecule has 0 aliphatic heterocycles. The highest BCUT2D eigenvalue weighted by Gasteiger charge is 2.01. The van der Waals surface area contributed by atoms with Gasteiger partial charge in [-0.05, 0) is 57.1 Å². The lowest BCUT2D eigenvalue weighted by molar-refractivity contribution is 0.297. The number of halogens is 1. The summed E-state index contributed by atoms with van der Waals surface area (Å²) in [7, 11) is 1.69. The number of aliphatic imine (C=N–C) groups is 1. The van der Waals surface area contributed by atoms with Crippen molar-refractivity contribution in [1.29, 1.82) is 0 Å². The topological polar surface area (TPSA) is 48.9 Å². The molecule has 25 heavy (non-hydrogen) atoms. The number of hydrogen-bond donors (Lipinski definition) is 2. The maximum Gasteiger partial charge on any atom is 0.191 e. The molecule has 2 N–H and O–H groups in total. The predicted octanol–water partition coefficient (Wildman–Crippen LogP) is 3.49. The molecule has 1 rings (SSSR count). The Kier molecular flexibility index (Phi) is 14.6. The highest BCUT2D eigenvalue weighted by Crippen LogP contribution is 2.13. The van der Waals surface area contributed by atoms with Crippen molar-refractivity contribution < 1.29 is 4.74 Å². The van der Waals surface area contributed by atoms with Crippen LogP contribution >= 0.6 is 24.0 Å². The van der Waals surface area contributed by atoms with E-state index in [2.05, 4.69) is 47.4 Å². The van der Waals surface area contributed by atoms with Crippen LogP contribution in [0.15, 0.2) is 29.3 Å². The van der Waals surface area contributed by atoms with Crippen molar-refractivity contribution in [2.45, 2.75) is 40.2 Å². The van der Waals surface area contributed by atoms with Gasteiger partial charge in [0.15, 0.2) is 5.96 Å². The lowest BCUT2D eigenvalue weighted by Gasteiger charge is -2.18. The number of nitrogens with one attached hydrogen (secondary N) is 2. The first kappa shape index (κ1) is 24.0. The van der Waals surface area contributed by atoms with Crippen molar-refractivity contribution in [2.75, 3.05) is 39.8 Å². The summed E-state index contributed by atoms with van der Waals surface area (Å²) >= 11 is 0. The zero-order chi connectivity index (χ0) is 17.6. The molecule has 0 saturated carbocycles. The highest BCUT2D eigenvalue weighted by atomic mass is 127. The Balaban J connectivity index is 0.00000576. The first-order chi connectivity index (χ1) is 11.7. The Morgan fingerprint density at radius 2 is 1.88 bits per heavy atom. The van der Waals surface area contributed by atoms with Crippen LogP contribution < -0.4 is 15.4 Å². The van der Waals surface area contributed by atoms with E-state index < -0.39 is 0 Å². The Hall–Kier alpha value is -1.02. The third kappa shape index (κ3) is 10.5. The summed E-state index contributed by atoms with van der Waals surface area (Å²) in [6, 6.07) is 8.04. The van der Waals surface area contributed by atoms with Crippen molar-refractivity contribution in [2.24, 2.45) is 4.99 Å². The Morgan fingerprint density at radius 3 is 2.52 bits per heavy atom. The molecular formula is C19H35IN4O. The largest absolute Gasteiger partial charge is 0.497 e. The first-order valence-electron chi connectivity index (χ1n) is 9.10. The number of nitrogens with zero attached hydrogens (tertiary/aromatic N) is 2. The molecule has 0 aliphatic carbocycles. The van der Waals surface area contributed by atoms with Gasteiger partial charge in [-0.1, -0.05) is 26.0 Å². The molecule has 0 aliphatic rings.